The van der Waals surface area contributed by atoms with Gasteiger partial charge in [-0.25, -0.2) is 13.6 Å². The van der Waals surface area contributed by atoms with Crippen LogP contribution in [0, 0.1) is 0 Å². The molecule has 0 saturated heterocycles. The molecule has 0 aliphatic rings. The lowest BCUT2D eigenvalue weighted by Crippen LogP contribution is -2.39. The topological polar surface area (TPSA) is 112 Å². The lowest BCUT2D eigenvalue weighted by atomic mass is 10.2. The zero-order valence-corrected chi connectivity index (χ0v) is 10.0. The average Bonchev–Trinajstić information content (AvgIpc) is 1.95. The van der Waals surface area contributed by atoms with Gasteiger partial charge < -0.3 is 10.5 Å². The molecule has 0 spiro atoms. The predicted octanol–water partition coefficient (Wildman–Crippen LogP) is -0.666. The van der Waals surface area contributed by atoms with Crippen molar-refractivity contribution in [3.8, 4) is 0 Å². The van der Waals surface area contributed by atoms with Crippen LogP contribution in [0.15, 0.2) is 0 Å². The van der Waals surface area contributed by atoms with Crippen LogP contribution in [0.25, 0.3) is 0 Å². The minimum Gasteiger partial charge on any atom is -0.459 e. The van der Waals surface area contributed by atoms with Gasteiger partial charge in [0.1, 0.15) is 11.6 Å². The van der Waals surface area contributed by atoms with Gasteiger partial charge in [0.15, 0.2) is 0 Å². The summed E-state index contributed by atoms with van der Waals surface area (Å²) in [5, 5.41) is 4.78. The van der Waals surface area contributed by atoms with E-state index in [1.807, 2.05) is 0 Å². The maximum Gasteiger partial charge on any atom is 0.323 e. The summed E-state index contributed by atoms with van der Waals surface area (Å²) < 4.78 is 26.2. The van der Waals surface area contributed by atoms with E-state index in [4.69, 9.17) is 15.6 Å². The summed E-state index contributed by atoms with van der Waals surface area (Å²) in [4.78, 5) is 11.3. The molecule has 0 aliphatic carbocycles. The number of hydrogen-bond acceptors (Lipinski definition) is 5. The largest absolute Gasteiger partial charge is 0.459 e. The van der Waals surface area contributed by atoms with Crippen molar-refractivity contribution in [2.24, 2.45) is 10.9 Å². The second-order valence-corrected chi connectivity index (χ2v) is 6.03. The normalized spacial score (nSPS) is 14.7. The van der Waals surface area contributed by atoms with Crippen molar-refractivity contribution in [3.05, 3.63) is 0 Å². The van der Waals surface area contributed by atoms with E-state index >= 15 is 0 Å². The van der Waals surface area contributed by atoms with Crippen LogP contribution in [-0.4, -0.2) is 31.8 Å². The standard InChI is InChI=1S/C8H18N2O4S/c1-8(2,3)14-7(11)6(9)4-5-15(10,12)13/h6H,4-5,9H2,1-3H3,(H2,10,12,13). The molecular weight excluding hydrogens is 220 g/mol. The predicted molar refractivity (Wildman–Crippen MR) is 56.4 cm³/mol. The molecular formula is C8H18N2O4S. The Hall–Kier alpha value is -0.660. The Morgan fingerprint density at radius 1 is 1.40 bits per heavy atom. The van der Waals surface area contributed by atoms with Gasteiger partial charge in [-0.1, -0.05) is 0 Å². The summed E-state index contributed by atoms with van der Waals surface area (Å²) in [5.74, 6) is -0.945. The van der Waals surface area contributed by atoms with Crippen molar-refractivity contribution in [1.29, 1.82) is 0 Å². The number of nitrogens with two attached hydrogens (primary N) is 2. The minimum absolute atomic E-state index is 0.0340. The van der Waals surface area contributed by atoms with Gasteiger partial charge in [0, 0.05) is 0 Å². The van der Waals surface area contributed by atoms with Gasteiger partial charge in [-0.2, -0.15) is 0 Å². The van der Waals surface area contributed by atoms with Crippen molar-refractivity contribution in [2.45, 2.75) is 38.8 Å². The molecule has 0 aliphatic heterocycles. The van der Waals surface area contributed by atoms with E-state index in [0.717, 1.165) is 0 Å². The maximum atomic E-state index is 11.3. The van der Waals surface area contributed by atoms with Gasteiger partial charge in [0.2, 0.25) is 10.0 Å². The van der Waals surface area contributed by atoms with Gasteiger partial charge >= 0.3 is 5.97 Å². The van der Waals surface area contributed by atoms with Crippen molar-refractivity contribution in [2.75, 3.05) is 5.75 Å². The maximum absolute atomic E-state index is 11.3. The number of rotatable bonds is 4. The van der Waals surface area contributed by atoms with E-state index in [1.54, 1.807) is 20.8 Å². The second-order valence-electron chi connectivity index (χ2n) is 4.30. The summed E-state index contributed by atoms with van der Waals surface area (Å²) in [6, 6.07) is -0.956. The quantitative estimate of drug-likeness (QED) is 0.631. The Balaban J connectivity index is 4.12. The molecule has 0 amide bonds. The Morgan fingerprint density at radius 3 is 2.20 bits per heavy atom. The number of carbonyl (C=O) groups is 1. The first kappa shape index (κ1) is 14.3. The van der Waals surface area contributed by atoms with Crippen molar-refractivity contribution >= 4 is 16.0 Å². The van der Waals surface area contributed by atoms with E-state index in [9.17, 15) is 13.2 Å². The molecule has 90 valence electrons. The monoisotopic (exact) mass is 238 g/mol. The van der Waals surface area contributed by atoms with E-state index in [0.29, 0.717) is 0 Å². The molecule has 6 nitrogen and oxygen atoms in total. The number of hydrogen-bond donors (Lipinski definition) is 2. The lowest BCUT2D eigenvalue weighted by molar-refractivity contribution is -0.156. The Kier molecular flexibility index (Phi) is 4.69. The van der Waals surface area contributed by atoms with Crippen LogP contribution in [0.3, 0.4) is 0 Å². The molecule has 15 heavy (non-hydrogen) atoms. The third kappa shape index (κ3) is 8.34. The summed E-state index contributed by atoms with van der Waals surface area (Å²) in [5.41, 5.74) is 4.81. The van der Waals surface area contributed by atoms with Crippen molar-refractivity contribution in [1.82, 2.24) is 0 Å². The summed E-state index contributed by atoms with van der Waals surface area (Å²) in [6.07, 6.45) is -0.0340. The third-order valence-corrected chi connectivity index (χ3v) is 2.23. The Bertz CT molecular complexity index is 318. The van der Waals surface area contributed by atoms with Crippen LogP contribution >= 0.6 is 0 Å². The Labute approximate surface area is 90.0 Å². The highest BCUT2D eigenvalue weighted by atomic mass is 32.2. The highest BCUT2D eigenvalue weighted by Gasteiger charge is 2.22. The SMILES string of the molecule is CC(C)(C)OC(=O)C(N)CCS(N)(=O)=O. The van der Waals surface area contributed by atoms with Gasteiger partial charge in [0.05, 0.1) is 5.75 Å². The molecule has 1 unspecified atom stereocenters. The lowest BCUT2D eigenvalue weighted by Gasteiger charge is -2.21. The number of sulfonamides is 1. The van der Waals surface area contributed by atoms with Crippen LogP contribution in [0.1, 0.15) is 27.2 Å². The van der Waals surface area contributed by atoms with Crippen LogP contribution in [0.4, 0.5) is 0 Å². The first-order valence-electron chi connectivity index (χ1n) is 4.50. The third-order valence-electron chi connectivity index (χ3n) is 1.42. The molecule has 0 rings (SSSR count). The van der Waals surface area contributed by atoms with E-state index < -0.39 is 27.6 Å². The van der Waals surface area contributed by atoms with Gasteiger partial charge in [-0.15, -0.1) is 0 Å². The summed E-state index contributed by atoms with van der Waals surface area (Å²) in [6.45, 7) is 5.12. The number of primary sulfonamides is 1. The fraction of sp³-hybridized carbons (Fsp3) is 0.875. The first-order valence-corrected chi connectivity index (χ1v) is 6.22. The first-order chi connectivity index (χ1) is 6.51. The van der Waals surface area contributed by atoms with Crippen LogP contribution in [0.5, 0.6) is 0 Å². The molecule has 0 aromatic heterocycles. The average molecular weight is 238 g/mol. The van der Waals surface area contributed by atoms with E-state index in [2.05, 4.69) is 0 Å². The van der Waals surface area contributed by atoms with E-state index in [1.165, 1.54) is 0 Å². The molecule has 0 heterocycles. The number of ether oxygens (including phenoxy) is 1. The second kappa shape index (κ2) is 4.91. The number of esters is 1. The van der Waals surface area contributed by atoms with E-state index in [-0.39, 0.29) is 12.2 Å². The van der Waals surface area contributed by atoms with Gasteiger partial charge in [0.25, 0.3) is 0 Å². The molecule has 0 saturated carbocycles. The van der Waals surface area contributed by atoms with Gasteiger partial charge in [-0.3, -0.25) is 4.79 Å². The molecule has 0 aromatic rings. The van der Waals surface area contributed by atoms with Crippen LogP contribution in [-0.2, 0) is 19.6 Å². The highest BCUT2D eigenvalue weighted by Crippen LogP contribution is 2.08. The molecule has 1 atom stereocenters. The van der Waals surface area contributed by atoms with Crippen molar-refractivity contribution in [3.63, 3.8) is 0 Å². The molecule has 7 heteroatoms. The van der Waals surface area contributed by atoms with Gasteiger partial charge in [-0.05, 0) is 27.2 Å². The van der Waals surface area contributed by atoms with Crippen molar-refractivity contribution < 1.29 is 17.9 Å². The molecule has 0 fully saturated rings. The Morgan fingerprint density at radius 2 is 1.87 bits per heavy atom. The summed E-state index contributed by atoms with van der Waals surface area (Å²) >= 11 is 0. The molecule has 4 N–H and O–H groups in total. The molecule has 0 bridgehead atoms. The fourth-order valence-electron chi connectivity index (χ4n) is 0.787. The zero-order chi connectivity index (χ0) is 12.3. The van der Waals surface area contributed by atoms with Crippen LogP contribution in [0.2, 0.25) is 0 Å². The smallest absolute Gasteiger partial charge is 0.323 e. The molecule has 0 radical (unpaired) electrons. The molecule has 0 aromatic carbocycles. The minimum atomic E-state index is -3.58. The number of carbonyl (C=O) groups excluding carboxylic acids is 1. The van der Waals surface area contributed by atoms with Crippen LogP contribution < -0.4 is 10.9 Å². The fourth-order valence-corrected chi connectivity index (χ4v) is 1.37. The zero-order valence-electron chi connectivity index (χ0n) is 9.19. The summed E-state index contributed by atoms with van der Waals surface area (Å²) in [7, 11) is -3.58. The highest BCUT2D eigenvalue weighted by molar-refractivity contribution is 7.89.